The Kier molecular flexibility index (Phi) is 6.59. The summed E-state index contributed by atoms with van der Waals surface area (Å²) < 4.78 is 0. The van der Waals surface area contributed by atoms with Gasteiger partial charge in [-0.25, -0.2) is 0 Å². The molecule has 1 N–H and O–H groups in total. The Bertz CT molecular complexity index is 315. The maximum Gasteiger partial charge on any atom is -0.00142 e. The van der Waals surface area contributed by atoms with Crippen LogP contribution in [0.1, 0.15) is 37.8 Å². The topological polar surface area (TPSA) is 12.0 Å². The lowest BCUT2D eigenvalue weighted by atomic mass is 10.1. The average Bonchev–Trinajstić information content (AvgIpc) is 2.34. The van der Waals surface area contributed by atoms with Crippen molar-refractivity contribution in [3.05, 3.63) is 41.5 Å². The smallest absolute Gasteiger partial charge is 0.00142 e. The highest BCUT2D eigenvalue weighted by Gasteiger charge is 1.89. The van der Waals surface area contributed by atoms with Crippen molar-refractivity contribution in [2.75, 3.05) is 13.1 Å². The number of benzene rings is 1. The van der Waals surface area contributed by atoms with Gasteiger partial charge in [-0.1, -0.05) is 50.3 Å². The minimum absolute atomic E-state index is 1.08. The van der Waals surface area contributed by atoms with Crippen LogP contribution in [0.2, 0.25) is 0 Å². The molecule has 0 aliphatic rings. The molecule has 1 nitrogen and oxygen atoms in total. The van der Waals surface area contributed by atoms with Gasteiger partial charge in [0.25, 0.3) is 0 Å². The molecule has 0 heterocycles. The number of rotatable bonds is 7. The minimum Gasteiger partial charge on any atom is -0.316 e. The van der Waals surface area contributed by atoms with Crippen molar-refractivity contribution in [2.45, 2.75) is 33.1 Å². The van der Waals surface area contributed by atoms with Gasteiger partial charge in [0.1, 0.15) is 0 Å². The van der Waals surface area contributed by atoms with E-state index in [0.717, 1.165) is 25.9 Å². The molecule has 0 unspecified atom stereocenters. The monoisotopic (exact) mass is 217 g/mol. The van der Waals surface area contributed by atoms with Crippen LogP contribution in [0.4, 0.5) is 0 Å². The van der Waals surface area contributed by atoms with Crippen LogP contribution in [0.15, 0.2) is 30.3 Å². The van der Waals surface area contributed by atoms with Crippen LogP contribution < -0.4 is 5.32 Å². The normalized spacial score (nSPS) is 11.1. The Labute approximate surface area is 99.6 Å². The van der Waals surface area contributed by atoms with Gasteiger partial charge >= 0.3 is 0 Å². The second-order valence-electron chi connectivity index (χ2n) is 4.04. The summed E-state index contributed by atoms with van der Waals surface area (Å²) >= 11 is 0. The molecule has 1 rings (SSSR count). The van der Waals surface area contributed by atoms with Crippen molar-refractivity contribution in [3.8, 4) is 0 Å². The van der Waals surface area contributed by atoms with E-state index in [1.807, 2.05) is 0 Å². The molecule has 0 spiro atoms. The summed E-state index contributed by atoms with van der Waals surface area (Å²) in [4.78, 5) is 0. The zero-order valence-electron chi connectivity index (χ0n) is 10.5. The number of aryl methyl sites for hydroxylation is 1. The summed E-state index contributed by atoms with van der Waals surface area (Å²) in [5.74, 6) is 0. The number of hydrogen-bond donors (Lipinski definition) is 1. The molecule has 0 aromatic heterocycles. The Morgan fingerprint density at radius 3 is 2.81 bits per heavy atom. The van der Waals surface area contributed by atoms with E-state index >= 15 is 0 Å². The maximum absolute atomic E-state index is 3.39. The molecule has 0 atom stereocenters. The summed E-state index contributed by atoms with van der Waals surface area (Å²) in [6.07, 6.45) is 7.89. The van der Waals surface area contributed by atoms with E-state index < -0.39 is 0 Å². The Hall–Kier alpha value is -1.08. The van der Waals surface area contributed by atoms with Gasteiger partial charge in [-0.3, -0.25) is 0 Å². The fourth-order valence-electron chi connectivity index (χ4n) is 1.62. The van der Waals surface area contributed by atoms with E-state index in [1.165, 1.54) is 17.5 Å². The average molecular weight is 217 g/mol. The fraction of sp³-hybridized carbons (Fsp3) is 0.467. The van der Waals surface area contributed by atoms with Crippen LogP contribution >= 0.6 is 0 Å². The van der Waals surface area contributed by atoms with Crippen LogP contribution in [-0.2, 0) is 6.42 Å². The van der Waals surface area contributed by atoms with Crippen LogP contribution in [0.5, 0.6) is 0 Å². The van der Waals surface area contributed by atoms with E-state index in [0.29, 0.717) is 0 Å². The van der Waals surface area contributed by atoms with E-state index in [2.05, 4.69) is 55.6 Å². The second-order valence-corrected chi connectivity index (χ2v) is 4.04. The molecule has 1 aromatic carbocycles. The molecule has 0 radical (unpaired) electrons. The van der Waals surface area contributed by atoms with Gasteiger partial charge < -0.3 is 5.32 Å². The molecule has 0 saturated heterocycles. The SMILES string of the molecule is CCCNCC/C=C/c1cccc(CC)c1. The third-order valence-corrected chi connectivity index (χ3v) is 2.58. The van der Waals surface area contributed by atoms with E-state index in [4.69, 9.17) is 0 Å². The van der Waals surface area contributed by atoms with Crippen molar-refractivity contribution in [1.29, 1.82) is 0 Å². The molecule has 0 amide bonds. The molecule has 0 aliphatic carbocycles. The molecule has 88 valence electrons. The zero-order chi connectivity index (χ0) is 11.6. The standard InChI is InChI=1S/C15H23N/c1-3-11-16-12-6-5-8-15-10-7-9-14(4-2)13-15/h5,7-10,13,16H,3-4,6,11-12H2,1-2H3/b8-5+. The lowest BCUT2D eigenvalue weighted by Gasteiger charge is -2.00. The third-order valence-electron chi connectivity index (χ3n) is 2.58. The highest BCUT2D eigenvalue weighted by molar-refractivity contribution is 5.50. The third kappa shape index (κ3) is 5.13. The molecule has 16 heavy (non-hydrogen) atoms. The molecule has 0 bridgehead atoms. The maximum atomic E-state index is 3.39. The first-order valence-electron chi connectivity index (χ1n) is 6.33. The van der Waals surface area contributed by atoms with Gasteiger partial charge in [-0.05, 0) is 43.5 Å². The first kappa shape index (κ1) is 13.0. The van der Waals surface area contributed by atoms with Crippen molar-refractivity contribution >= 4 is 6.08 Å². The summed E-state index contributed by atoms with van der Waals surface area (Å²) in [6.45, 7) is 6.59. The molecule has 1 heteroatoms. The predicted molar refractivity (Wildman–Crippen MR) is 72.6 cm³/mol. The quantitative estimate of drug-likeness (QED) is 0.687. The lowest BCUT2D eigenvalue weighted by molar-refractivity contribution is 0.679. The Balaban J connectivity index is 2.32. The summed E-state index contributed by atoms with van der Waals surface area (Å²) in [7, 11) is 0. The van der Waals surface area contributed by atoms with Crippen LogP contribution in [0.25, 0.3) is 6.08 Å². The molecule has 0 saturated carbocycles. The van der Waals surface area contributed by atoms with Gasteiger partial charge in [0.2, 0.25) is 0 Å². The van der Waals surface area contributed by atoms with Crippen molar-refractivity contribution in [2.24, 2.45) is 0 Å². The van der Waals surface area contributed by atoms with E-state index in [9.17, 15) is 0 Å². The molecule has 0 fully saturated rings. The lowest BCUT2D eigenvalue weighted by Crippen LogP contribution is -2.14. The largest absolute Gasteiger partial charge is 0.316 e. The molecule has 0 aliphatic heterocycles. The van der Waals surface area contributed by atoms with Crippen LogP contribution in [0, 0.1) is 0 Å². The van der Waals surface area contributed by atoms with Crippen molar-refractivity contribution < 1.29 is 0 Å². The van der Waals surface area contributed by atoms with Gasteiger partial charge in [-0.15, -0.1) is 0 Å². The first-order chi connectivity index (χ1) is 7.86. The van der Waals surface area contributed by atoms with Crippen molar-refractivity contribution in [1.82, 2.24) is 5.32 Å². The zero-order valence-corrected chi connectivity index (χ0v) is 10.5. The Morgan fingerprint density at radius 2 is 2.06 bits per heavy atom. The van der Waals surface area contributed by atoms with Crippen molar-refractivity contribution in [3.63, 3.8) is 0 Å². The van der Waals surface area contributed by atoms with Crippen LogP contribution in [0.3, 0.4) is 0 Å². The van der Waals surface area contributed by atoms with Gasteiger partial charge in [-0.2, -0.15) is 0 Å². The minimum atomic E-state index is 1.08. The second kappa shape index (κ2) is 8.12. The summed E-state index contributed by atoms with van der Waals surface area (Å²) in [5.41, 5.74) is 2.72. The molecular weight excluding hydrogens is 194 g/mol. The van der Waals surface area contributed by atoms with Crippen LogP contribution in [-0.4, -0.2) is 13.1 Å². The summed E-state index contributed by atoms with van der Waals surface area (Å²) in [5, 5.41) is 3.39. The number of hydrogen-bond acceptors (Lipinski definition) is 1. The van der Waals surface area contributed by atoms with Gasteiger partial charge in [0.05, 0.1) is 0 Å². The summed E-state index contributed by atoms with van der Waals surface area (Å²) in [6, 6.07) is 8.74. The van der Waals surface area contributed by atoms with Gasteiger partial charge in [0.15, 0.2) is 0 Å². The molecular formula is C15H23N. The van der Waals surface area contributed by atoms with E-state index in [1.54, 1.807) is 0 Å². The van der Waals surface area contributed by atoms with Gasteiger partial charge in [0, 0.05) is 0 Å². The first-order valence-corrected chi connectivity index (χ1v) is 6.33. The molecule has 1 aromatic rings. The van der Waals surface area contributed by atoms with E-state index in [-0.39, 0.29) is 0 Å². The fourth-order valence-corrected chi connectivity index (χ4v) is 1.62. The highest BCUT2D eigenvalue weighted by atomic mass is 14.8. The highest BCUT2D eigenvalue weighted by Crippen LogP contribution is 2.07. The Morgan fingerprint density at radius 1 is 1.19 bits per heavy atom. The number of nitrogens with one attached hydrogen (secondary N) is 1. The predicted octanol–water partition coefficient (Wildman–Crippen LogP) is 3.65.